The highest BCUT2D eigenvalue weighted by molar-refractivity contribution is 6.08. The molecule has 1 aliphatic carbocycles. The van der Waals surface area contributed by atoms with Crippen molar-refractivity contribution in [2.45, 2.75) is 37.9 Å². The highest BCUT2D eigenvalue weighted by atomic mass is 19.1. The number of imidazole rings is 1. The number of rotatable bonds is 2. The van der Waals surface area contributed by atoms with Gasteiger partial charge in [-0.2, -0.15) is 14.5 Å². The number of amidine groups is 1. The first-order chi connectivity index (χ1) is 14.2. The van der Waals surface area contributed by atoms with E-state index in [-0.39, 0.29) is 29.8 Å². The van der Waals surface area contributed by atoms with Crippen LogP contribution in [0.15, 0.2) is 40.1 Å². The Bertz CT molecular complexity index is 1110. The highest BCUT2D eigenvalue weighted by Crippen LogP contribution is 2.46. The molecular weight excluding hydrogens is 380 g/mol. The zero-order chi connectivity index (χ0) is 19.5. The Morgan fingerprint density at radius 2 is 1.93 bits per heavy atom. The molecule has 148 valence electrons. The van der Waals surface area contributed by atoms with Crippen LogP contribution in [0.4, 0.5) is 14.6 Å². The van der Waals surface area contributed by atoms with Crippen LogP contribution in [0.5, 0.6) is 0 Å². The number of nitrogens with zero attached hydrogens (tertiary/aromatic N) is 6. The van der Waals surface area contributed by atoms with Crippen molar-refractivity contribution in [3.8, 4) is 11.4 Å². The lowest BCUT2D eigenvalue weighted by atomic mass is 9.80. The topological polar surface area (TPSA) is 84.4 Å². The van der Waals surface area contributed by atoms with E-state index in [1.165, 1.54) is 18.3 Å². The average molecular weight is 397 g/mol. The van der Waals surface area contributed by atoms with Crippen molar-refractivity contribution < 1.29 is 13.3 Å². The van der Waals surface area contributed by atoms with Crippen LogP contribution in [0.3, 0.4) is 0 Å². The molecule has 1 aromatic carbocycles. The van der Waals surface area contributed by atoms with E-state index in [0.29, 0.717) is 23.0 Å². The molecule has 0 spiro atoms. The predicted molar refractivity (Wildman–Crippen MR) is 98.8 cm³/mol. The maximum absolute atomic E-state index is 14.5. The first kappa shape index (κ1) is 16.6. The van der Waals surface area contributed by atoms with Gasteiger partial charge in [-0.3, -0.25) is 14.9 Å². The van der Waals surface area contributed by atoms with Crippen molar-refractivity contribution in [1.82, 2.24) is 25.1 Å². The third-order valence-corrected chi connectivity index (χ3v) is 6.03. The van der Waals surface area contributed by atoms with Crippen molar-refractivity contribution in [3.63, 3.8) is 0 Å². The van der Waals surface area contributed by atoms with E-state index >= 15 is 0 Å². The Hall–Kier alpha value is -3.30. The molecule has 2 aliphatic heterocycles. The van der Waals surface area contributed by atoms with E-state index in [4.69, 9.17) is 4.52 Å². The van der Waals surface area contributed by atoms with Gasteiger partial charge in [-0.05, 0) is 37.1 Å². The zero-order valence-corrected chi connectivity index (χ0v) is 15.3. The fourth-order valence-electron chi connectivity index (χ4n) is 4.73. The SMILES string of the molecule is Fc1ccc(-c2noc(C3=NNC4C5CCCCC5n5c(cnc5F)N34)n2)cc1. The molecule has 0 saturated heterocycles. The average Bonchev–Trinajstić information content (AvgIpc) is 3.46. The third-order valence-electron chi connectivity index (χ3n) is 6.03. The molecule has 3 unspecified atom stereocenters. The lowest BCUT2D eigenvalue weighted by Crippen LogP contribution is -2.54. The van der Waals surface area contributed by atoms with Crippen molar-refractivity contribution in [2.24, 2.45) is 11.0 Å². The number of fused-ring (bicyclic) bond motifs is 6. The van der Waals surface area contributed by atoms with E-state index in [0.717, 1.165) is 25.7 Å². The summed E-state index contributed by atoms with van der Waals surface area (Å²) < 4.78 is 34.8. The summed E-state index contributed by atoms with van der Waals surface area (Å²) in [7, 11) is 0. The van der Waals surface area contributed by atoms with Gasteiger partial charge in [0.15, 0.2) is 0 Å². The van der Waals surface area contributed by atoms with Gasteiger partial charge < -0.3 is 4.52 Å². The van der Waals surface area contributed by atoms with Crippen LogP contribution in [-0.4, -0.2) is 31.7 Å². The summed E-state index contributed by atoms with van der Waals surface area (Å²) in [6.07, 6.45) is 4.99. The molecule has 4 heterocycles. The van der Waals surface area contributed by atoms with Crippen molar-refractivity contribution in [3.05, 3.63) is 48.2 Å². The van der Waals surface area contributed by atoms with Gasteiger partial charge in [-0.15, -0.1) is 0 Å². The van der Waals surface area contributed by atoms with Crippen LogP contribution in [0, 0.1) is 17.8 Å². The summed E-state index contributed by atoms with van der Waals surface area (Å²) in [5, 5.41) is 8.44. The molecule has 3 aliphatic rings. The fourth-order valence-corrected chi connectivity index (χ4v) is 4.73. The smallest absolute Gasteiger partial charge is 0.296 e. The zero-order valence-electron chi connectivity index (χ0n) is 15.3. The van der Waals surface area contributed by atoms with Gasteiger partial charge in [0, 0.05) is 17.5 Å². The normalized spacial score (nSPS) is 25.1. The molecule has 10 heteroatoms. The van der Waals surface area contributed by atoms with Crippen LogP contribution in [0.25, 0.3) is 11.4 Å². The molecule has 3 atom stereocenters. The number of anilines is 1. The largest absolute Gasteiger partial charge is 0.330 e. The summed E-state index contributed by atoms with van der Waals surface area (Å²) in [6, 6.07) is 5.90. The second kappa shape index (κ2) is 6.10. The third kappa shape index (κ3) is 2.41. The Kier molecular flexibility index (Phi) is 3.50. The molecule has 0 bridgehead atoms. The van der Waals surface area contributed by atoms with Gasteiger partial charge in [0.1, 0.15) is 17.8 Å². The summed E-state index contributed by atoms with van der Waals surface area (Å²) >= 11 is 0. The maximum Gasteiger partial charge on any atom is 0.296 e. The van der Waals surface area contributed by atoms with Gasteiger partial charge in [0.05, 0.1) is 6.20 Å². The molecule has 1 saturated carbocycles. The van der Waals surface area contributed by atoms with Gasteiger partial charge in [0.2, 0.25) is 11.7 Å². The van der Waals surface area contributed by atoms with Crippen molar-refractivity contribution >= 4 is 11.7 Å². The number of nitrogens with one attached hydrogen (secondary N) is 1. The van der Waals surface area contributed by atoms with Crippen LogP contribution >= 0.6 is 0 Å². The number of hydrazone groups is 1. The fraction of sp³-hybridized carbons (Fsp3) is 0.368. The van der Waals surface area contributed by atoms with E-state index < -0.39 is 6.08 Å². The van der Waals surface area contributed by atoms with Crippen molar-refractivity contribution in [1.29, 1.82) is 0 Å². The van der Waals surface area contributed by atoms with Gasteiger partial charge >= 0.3 is 0 Å². The van der Waals surface area contributed by atoms with Crippen LogP contribution in [-0.2, 0) is 0 Å². The summed E-state index contributed by atoms with van der Waals surface area (Å²) in [6.45, 7) is 0. The molecule has 0 amide bonds. The van der Waals surface area contributed by atoms with Crippen molar-refractivity contribution in [2.75, 3.05) is 4.90 Å². The van der Waals surface area contributed by atoms with Crippen LogP contribution < -0.4 is 10.3 Å². The molecular formula is C19H17F2N7O. The number of aromatic nitrogens is 4. The van der Waals surface area contributed by atoms with Crippen LogP contribution in [0.2, 0.25) is 0 Å². The second-order valence-electron chi connectivity index (χ2n) is 7.58. The number of hydrogen-bond acceptors (Lipinski definition) is 7. The minimum Gasteiger partial charge on any atom is -0.330 e. The summed E-state index contributed by atoms with van der Waals surface area (Å²) in [4.78, 5) is 10.2. The first-order valence-corrected chi connectivity index (χ1v) is 9.66. The maximum atomic E-state index is 14.5. The minimum absolute atomic E-state index is 0.0574. The molecule has 1 fully saturated rings. The Labute approximate surface area is 164 Å². The van der Waals surface area contributed by atoms with E-state index in [1.807, 2.05) is 4.90 Å². The number of benzene rings is 1. The Balaban J connectivity index is 1.40. The summed E-state index contributed by atoms with van der Waals surface area (Å²) in [5.74, 6) is 1.46. The van der Waals surface area contributed by atoms with Gasteiger partial charge in [-0.25, -0.2) is 9.37 Å². The quantitative estimate of drug-likeness (QED) is 0.716. The second-order valence-corrected chi connectivity index (χ2v) is 7.58. The number of hydrogen-bond donors (Lipinski definition) is 1. The standard InChI is InChI=1S/C19H17F2N7O/c20-11-7-5-10(6-8-11)15-23-18(29-26-15)17-25-24-16-12-3-1-2-4-13(12)27-14(28(16)17)9-22-19(27)21/h5-9,12-13,16,24H,1-4H2. The van der Waals surface area contributed by atoms with Gasteiger partial charge in [0.25, 0.3) is 12.0 Å². The Morgan fingerprint density at radius 3 is 2.79 bits per heavy atom. The number of halogens is 2. The first-order valence-electron chi connectivity index (χ1n) is 9.66. The van der Waals surface area contributed by atoms with E-state index in [1.54, 1.807) is 16.7 Å². The monoisotopic (exact) mass is 397 g/mol. The minimum atomic E-state index is -0.487. The predicted octanol–water partition coefficient (Wildman–Crippen LogP) is 3.05. The molecule has 6 rings (SSSR count). The van der Waals surface area contributed by atoms with E-state index in [9.17, 15) is 8.78 Å². The molecule has 8 nitrogen and oxygen atoms in total. The molecule has 3 aromatic rings. The lowest BCUT2D eigenvalue weighted by Gasteiger charge is -2.45. The highest BCUT2D eigenvalue weighted by Gasteiger charge is 2.49. The molecule has 0 radical (unpaired) electrons. The summed E-state index contributed by atoms with van der Waals surface area (Å²) in [5.41, 5.74) is 3.82. The van der Waals surface area contributed by atoms with Crippen LogP contribution in [0.1, 0.15) is 37.6 Å². The lowest BCUT2D eigenvalue weighted by molar-refractivity contribution is 0.161. The van der Waals surface area contributed by atoms with Gasteiger partial charge in [-0.1, -0.05) is 18.0 Å². The molecule has 1 N–H and O–H groups in total. The molecule has 29 heavy (non-hydrogen) atoms. The Morgan fingerprint density at radius 1 is 1.10 bits per heavy atom. The molecule has 2 aromatic heterocycles. The van der Waals surface area contributed by atoms with E-state index in [2.05, 4.69) is 25.7 Å².